The lowest BCUT2D eigenvalue weighted by molar-refractivity contribution is 0.598. The highest BCUT2D eigenvalue weighted by atomic mass is 32.2. The molecule has 4 heteroatoms. The summed E-state index contributed by atoms with van der Waals surface area (Å²) in [5, 5.41) is 0. The molecule has 52 valence electrons. The molecule has 0 radical (unpaired) electrons. The molecule has 0 amide bonds. The van der Waals surface area contributed by atoms with Crippen LogP contribution in [0.5, 0.6) is 0 Å². The lowest BCUT2D eigenvalue weighted by atomic mass is 11.0. The van der Waals surface area contributed by atoms with E-state index in [4.69, 9.17) is 0 Å². The maximum absolute atomic E-state index is 10.4. The van der Waals surface area contributed by atoms with E-state index in [0.717, 1.165) is 0 Å². The Morgan fingerprint density at radius 1 is 1.12 bits per heavy atom. The minimum atomic E-state index is -2.66. The minimum absolute atomic E-state index is 0. The third-order valence-corrected chi connectivity index (χ3v) is 2.64. The Bertz CT molecular complexity index is 114. The smallest absolute Gasteiger partial charge is 0.149 e. The molecule has 0 aliphatic carbocycles. The molecule has 8 heavy (non-hydrogen) atoms. The first-order chi connectivity index (χ1) is 3.12. The van der Waals surface area contributed by atoms with Crippen molar-refractivity contribution in [3.63, 3.8) is 0 Å². The van der Waals surface area contributed by atoms with Crippen LogP contribution in [0.25, 0.3) is 0 Å². The summed E-state index contributed by atoms with van der Waals surface area (Å²) in [5.74, 6) is 0.535. The molecule has 0 aromatic heterocycles. The van der Waals surface area contributed by atoms with E-state index in [0.29, 0.717) is 0 Å². The molecule has 3 nitrogen and oxygen atoms in total. The monoisotopic (exact) mass is 140 g/mol. The zero-order valence-corrected chi connectivity index (χ0v) is 5.96. The number of hydrogen-bond acceptors (Lipinski definition) is 2. The van der Waals surface area contributed by atoms with Crippen molar-refractivity contribution in [2.24, 2.45) is 0 Å². The predicted octanol–water partition coefficient (Wildman–Crippen LogP) is -0.384. The van der Waals surface area contributed by atoms with E-state index in [1.54, 1.807) is 13.8 Å². The standard InChI is InChI=1S/C4H10O2S.H2O/c1-3-7(5,6)4-2;/h3-4H2,1-2H3;1H2. The van der Waals surface area contributed by atoms with Gasteiger partial charge in [-0.05, 0) is 0 Å². The molecule has 0 heterocycles. The van der Waals surface area contributed by atoms with Crippen molar-refractivity contribution in [3.05, 3.63) is 0 Å². The van der Waals surface area contributed by atoms with Gasteiger partial charge < -0.3 is 5.48 Å². The Morgan fingerprint density at radius 3 is 1.38 bits per heavy atom. The Morgan fingerprint density at radius 2 is 1.38 bits per heavy atom. The number of sulfone groups is 1. The van der Waals surface area contributed by atoms with E-state index in [9.17, 15) is 8.42 Å². The van der Waals surface area contributed by atoms with Crippen LogP contribution in [0.4, 0.5) is 0 Å². The summed E-state index contributed by atoms with van der Waals surface area (Å²) in [6, 6.07) is 0. The fourth-order valence-corrected chi connectivity index (χ4v) is 0.612. The molecule has 0 rings (SSSR count). The normalized spacial score (nSPS) is 10.2. The summed E-state index contributed by atoms with van der Waals surface area (Å²) >= 11 is 0. The lowest BCUT2D eigenvalue weighted by Gasteiger charge is -1.89. The van der Waals surface area contributed by atoms with Crippen LogP contribution in [0.15, 0.2) is 0 Å². The summed E-state index contributed by atoms with van der Waals surface area (Å²) in [6.07, 6.45) is 0. The fraction of sp³-hybridized carbons (Fsp3) is 1.00. The highest BCUT2D eigenvalue weighted by Crippen LogP contribution is 1.84. The molecule has 0 aromatic rings. The van der Waals surface area contributed by atoms with Crippen LogP contribution >= 0.6 is 0 Å². The van der Waals surface area contributed by atoms with Gasteiger partial charge in [-0.3, -0.25) is 0 Å². The largest absolute Gasteiger partial charge is 0.412 e. The van der Waals surface area contributed by atoms with Gasteiger partial charge in [-0.25, -0.2) is 8.42 Å². The summed E-state index contributed by atoms with van der Waals surface area (Å²) < 4.78 is 20.7. The molecule has 0 aliphatic rings. The fourth-order valence-electron chi connectivity index (χ4n) is 0.204. The van der Waals surface area contributed by atoms with Gasteiger partial charge >= 0.3 is 0 Å². The van der Waals surface area contributed by atoms with Gasteiger partial charge in [-0.1, -0.05) is 13.8 Å². The van der Waals surface area contributed by atoms with Gasteiger partial charge in [0.05, 0.1) is 0 Å². The SMILES string of the molecule is CCS(=O)(=O)CC.O. The number of hydrogen-bond donors (Lipinski definition) is 0. The first-order valence-electron chi connectivity index (χ1n) is 2.32. The maximum Gasteiger partial charge on any atom is 0.149 e. The molecular formula is C4H12O3S. The topological polar surface area (TPSA) is 65.6 Å². The maximum atomic E-state index is 10.4. The van der Waals surface area contributed by atoms with Gasteiger partial charge in [0.15, 0.2) is 0 Å². The van der Waals surface area contributed by atoms with Crippen molar-refractivity contribution in [2.45, 2.75) is 13.8 Å². The highest BCUT2D eigenvalue weighted by molar-refractivity contribution is 7.91. The third-order valence-electron chi connectivity index (χ3n) is 0.880. The van der Waals surface area contributed by atoms with E-state index in [1.165, 1.54) is 0 Å². The van der Waals surface area contributed by atoms with Crippen molar-refractivity contribution in [1.29, 1.82) is 0 Å². The van der Waals surface area contributed by atoms with Crippen LogP contribution in [-0.4, -0.2) is 25.4 Å². The van der Waals surface area contributed by atoms with Crippen LogP contribution < -0.4 is 0 Å². The summed E-state index contributed by atoms with van der Waals surface area (Å²) in [6.45, 7) is 3.30. The van der Waals surface area contributed by atoms with E-state index in [-0.39, 0.29) is 17.0 Å². The molecule has 0 fully saturated rings. The van der Waals surface area contributed by atoms with Gasteiger partial charge in [0.1, 0.15) is 9.84 Å². The first kappa shape index (κ1) is 10.8. The average Bonchev–Trinajstić information content (AvgIpc) is 1.68. The molecule has 0 bridgehead atoms. The van der Waals surface area contributed by atoms with Crippen molar-refractivity contribution >= 4 is 9.84 Å². The molecule has 0 aromatic carbocycles. The Kier molecular flexibility index (Phi) is 5.21. The van der Waals surface area contributed by atoms with E-state index >= 15 is 0 Å². The van der Waals surface area contributed by atoms with Crippen LogP contribution in [0.2, 0.25) is 0 Å². The van der Waals surface area contributed by atoms with Crippen LogP contribution in [0.1, 0.15) is 13.8 Å². The van der Waals surface area contributed by atoms with Crippen LogP contribution in [0, 0.1) is 0 Å². The van der Waals surface area contributed by atoms with E-state index in [2.05, 4.69) is 0 Å². The van der Waals surface area contributed by atoms with Crippen molar-refractivity contribution in [3.8, 4) is 0 Å². The van der Waals surface area contributed by atoms with E-state index < -0.39 is 9.84 Å². The lowest BCUT2D eigenvalue weighted by Crippen LogP contribution is -2.04. The van der Waals surface area contributed by atoms with Crippen molar-refractivity contribution in [1.82, 2.24) is 0 Å². The molecule has 2 N–H and O–H groups in total. The molecule has 0 unspecified atom stereocenters. The van der Waals surface area contributed by atoms with Gasteiger partial charge in [-0.15, -0.1) is 0 Å². The zero-order valence-electron chi connectivity index (χ0n) is 5.14. The third kappa shape index (κ3) is 4.08. The summed E-state index contributed by atoms with van der Waals surface area (Å²) in [4.78, 5) is 0. The number of rotatable bonds is 2. The first-order valence-corrected chi connectivity index (χ1v) is 4.15. The highest BCUT2D eigenvalue weighted by Gasteiger charge is 1.99. The Labute approximate surface area is 49.9 Å². The second-order valence-corrected chi connectivity index (χ2v) is 3.96. The molecule has 0 aliphatic heterocycles. The molecule has 0 saturated carbocycles. The van der Waals surface area contributed by atoms with Crippen LogP contribution in [-0.2, 0) is 9.84 Å². The zero-order chi connectivity index (χ0) is 5.91. The molecule has 0 spiro atoms. The van der Waals surface area contributed by atoms with Gasteiger partial charge in [0.25, 0.3) is 0 Å². The second-order valence-electron chi connectivity index (χ2n) is 1.32. The predicted molar refractivity (Wildman–Crippen MR) is 33.6 cm³/mol. The van der Waals surface area contributed by atoms with Gasteiger partial charge in [0.2, 0.25) is 0 Å². The summed E-state index contributed by atoms with van der Waals surface area (Å²) in [5.41, 5.74) is 0. The van der Waals surface area contributed by atoms with Gasteiger partial charge in [0, 0.05) is 11.5 Å². The average molecular weight is 140 g/mol. The Hall–Kier alpha value is -0.0900. The second kappa shape index (κ2) is 3.86. The minimum Gasteiger partial charge on any atom is -0.412 e. The van der Waals surface area contributed by atoms with Crippen LogP contribution in [0.3, 0.4) is 0 Å². The van der Waals surface area contributed by atoms with E-state index in [1.807, 2.05) is 0 Å². The Balaban J connectivity index is 0. The van der Waals surface area contributed by atoms with Crippen molar-refractivity contribution in [2.75, 3.05) is 11.5 Å². The van der Waals surface area contributed by atoms with Gasteiger partial charge in [-0.2, -0.15) is 0 Å². The molecular weight excluding hydrogens is 128 g/mol. The quantitative estimate of drug-likeness (QED) is 0.524. The van der Waals surface area contributed by atoms with Crippen molar-refractivity contribution < 1.29 is 13.9 Å². The molecule has 0 atom stereocenters. The molecule has 0 saturated heterocycles. The summed E-state index contributed by atoms with van der Waals surface area (Å²) in [7, 11) is -2.66.